The quantitative estimate of drug-likeness (QED) is 0.770. The van der Waals surface area contributed by atoms with Gasteiger partial charge in [-0.3, -0.25) is 0 Å². The Kier molecular flexibility index (Phi) is 3.50. The molecule has 0 unspecified atom stereocenters. The maximum atomic E-state index is 6.12. The molecule has 0 spiro atoms. The van der Waals surface area contributed by atoms with Crippen LogP contribution in [0, 0.1) is 0 Å². The fraction of sp³-hybridized carbons (Fsp3) is 0.500. The van der Waals surface area contributed by atoms with Crippen LogP contribution in [-0.2, 0) is 15.3 Å². The summed E-state index contributed by atoms with van der Waals surface area (Å²) < 4.78 is 11.0. The summed E-state index contributed by atoms with van der Waals surface area (Å²) in [5.74, 6) is -0.908. The molecule has 0 heterocycles. The summed E-state index contributed by atoms with van der Waals surface area (Å²) >= 11 is 0. The van der Waals surface area contributed by atoms with Gasteiger partial charge in [-0.1, -0.05) is 30.3 Å². The third-order valence-corrected chi connectivity index (χ3v) is 2.58. The Hall–Kier alpha value is -0.900. The molecule has 0 radical (unpaired) electrons. The van der Waals surface area contributed by atoms with Crippen molar-refractivity contribution in [3.63, 3.8) is 0 Å². The molecule has 0 saturated heterocycles. The summed E-state index contributed by atoms with van der Waals surface area (Å²) in [6, 6.07) is 9.72. The Morgan fingerprint density at radius 3 is 1.80 bits per heavy atom. The zero-order valence-electron chi connectivity index (χ0n) is 9.78. The van der Waals surface area contributed by atoms with E-state index in [1.807, 2.05) is 44.2 Å². The van der Waals surface area contributed by atoms with Gasteiger partial charge in [0.1, 0.15) is 0 Å². The normalized spacial score (nSPS) is 12.9. The molecule has 15 heavy (non-hydrogen) atoms. The highest BCUT2D eigenvalue weighted by Gasteiger charge is 2.45. The van der Waals surface area contributed by atoms with E-state index in [-0.39, 0.29) is 0 Å². The first-order valence-electron chi connectivity index (χ1n) is 4.92. The van der Waals surface area contributed by atoms with Crippen LogP contribution in [0.3, 0.4) is 0 Å². The van der Waals surface area contributed by atoms with Crippen molar-refractivity contribution >= 4 is 0 Å². The largest absolute Gasteiger partial charge is 0.348 e. The van der Waals surface area contributed by atoms with E-state index < -0.39 is 11.3 Å². The molecule has 3 nitrogen and oxygen atoms in total. The predicted molar refractivity (Wildman–Crippen MR) is 60.4 cm³/mol. The van der Waals surface area contributed by atoms with E-state index in [4.69, 9.17) is 15.2 Å². The number of benzene rings is 1. The van der Waals surface area contributed by atoms with Crippen molar-refractivity contribution < 1.29 is 9.47 Å². The molecule has 1 aromatic rings. The smallest absolute Gasteiger partial charge is 0.212 e. The van der Waals surface area contributed by atoms with Crippen LogP contribution in [0.5, 0.6) is 0 Å². The molecule has 0 aliphatic carbocycles. The van der Waals surface area contributed by atoms with Gasteiger partial charge >= 0.3 is 0 Å². The minimum atomic E-state index is -0.908. The van der Waals surface area contributed by atoms with E-state index >= 15 is 0 Å². The van der Waals surface area contributed by atoms with E-state index in [1.54, 1.807) is 14.2 Å². The van der Waals surface area contributed by atoms with Crippen LogP contribution in [0.2, 0.25) is 0 Å². The summed E-state index contributed by atoms with van der Waals surface area (Å²) in [7, 11) is 3.20. The summed E-state index contributed by atoms with van der Waals surface area (Å²) in [5.41, 5.74) is 6.41. The zero-order valence-corrected chi connectivity index (χ0v) is 9.78. The van der Waals surface area contributed by atoms with Gasteiger partial charge in [0.15, 0.2) is 0 Å². The highest BCUT2D eigenvalue weighted by Crippen LogP contribution is 2.35. The fourth-order valence-electron chi connectivity index (χ4n) is 1.87. The van der Waals surface area contributed by atoms with Gasteiger partial charge in [-0.25, -0.2) is 0 Å². The molecule has 3 heteroatoms. The topological polar surface area (TPSA) is 44.5 Å². The van der Waals surface area contributed by atoms with Crippen molar-refractivity contribution in [3.8, 4) is 0 Å². The van der Waals surface area contributed by atoms with Gasteiger partial charge in [0.05, 0.1) is 5.54 Å². The van der Waals surface area contributed by atoms with E-state index in [9.17, 15) is 0 Å². The summed E-state index contributed by atoms with van der Waals surface area (Å²) in [5, 5.41) is 0. The van der Waals surface area contributed by atoms with Gasteiger partial charge in [-0.05, 0) is 13.8 Å². The van der Waals surface area contributed by atoms with Crippen LogP contribution in [0.25, 0.3) is 0 Å². The van der Waals surface area contributed by atoms with Gasteiger partial charge in [-0.2, -0.15) is 0 Å². The summed E-state index contributed by atoms with van der Waals surface area (Å²) in [4.78, 5) is 0. The van der Waals surface area contributed by atoms with Crippen molar-refractivity contribution in [1.82, 2.24) is 0 Å². The number of hydrogen-bond acceptors (Lipinski definition) is 3. The molecule has 2 N–H and O–H groups in total. The molecule has 0 aliphatic heterocycles. The molecule has 0 fully saturated rings. The average Bonchev–Trinajstić information content (AvgIpc) is 2.20. The molecule has 0 atom stereocenters. The highest BCUT2D eigenvalue weighted by atomic mass is 16.7. The number of methoxy groups -OCH3 is 2. The van der Waals surface area contributed by atoms with Gasteiger partial charge in [0.2, 0.25) is 5.79 Å². The van der Waals surface area contributed by atoms with E-state index in [2.05, 4.69) is 0 Å². The van der Waals surface area contributed by atoms with E-state index in [0.29, 0.717) is 0 Å². The minimum Gasteiger partial charge on any atom is -0.348 e. The fourth-order valence-corrected chi connectivity index (χ4v) is 1.87. The third kappa shape index (κ3) is 2.04. The molecule has 0 amide bonds. The second-order valence-corrected chi connectivity index (χ2v) is 4.11. The van der Waals surface area contributed by atoms with Crippen molar-refractivity contribution in [3.05, 3.63) is 35.9 Å². The number of hydrogen-bond donors (Lipinski definition) is 1. The van der Waals surface area contributed by atoms with Crippen LogP contribution in [0.4, 0.5) is 0 Å². The van der Waals surface area contributed by atoms with Gasteiger partial charge < -0.3 is 15.2 Å². The first kappa shape index (κ1) is 12.2. The highest BCUT2D eigenvalue weighted by molar-refractivity contribution is 5.24. The van der Waals surface area contributed by atoms with Crippen LogP contribution in [-0.4, -0.2) is 19.8 Å². The second kappa shape index (κ2) is 4.31. The minimum absolute atomic E-state index is 0.627. The maximum Gasteiger partial charge on any atom is 0.212 e. The average molecular weight is 209 g/mol. The van der Waals surface area contributed by atoms with Crippen LogP contribution < -0.4 is 5.73 Å². The lowest BCUT2D eigenvalue weighted by Crippen LogP contribution is -2.56. The molecule has 1 aromatic carbocycles. The molecule has 1 rings (SSSR count). The van der Waals surface area contributed by atoms with Crippen LogP contribution in [0.15, 0.2) is 30.3 Å². The Balaban J connectivity index is 3.24. The number of rotatable bonds is 4. The van der Waals surface area contributed by atoms with Crippen molar-refractivity contribution in [1.29, 1.82) is 0 Å². The molecule has 0 saturated carbocycles. The van der Waals surface area contributed by atoms with Crippen molar-refractivity contribution in [2.75, 3.05) is 14.2 Å². The Labute approximate surface area is 91.2 Å². The third-order valence-electron chi connectivity index (χ3n) is 2.58. The molecule has 0 aromatic heterocycles. The number of nitrogens with two attached hydrogens (primary N) is 1. The lowest BCUT2D eigenvalue weighted by atomic mass is 9.88. The molecule has 0 aliphatic rings. The number of ether oxygens (including phenoxy) is 2. The molecule has 84 valence electrons. The van der Waals surface area contributed by atoms with Crippen molar-refractivity contribution in [2.24, 2.45) is 5.73 Å². The van der Waals surface area contributed by atoms with Gasteiger partial charge in [-0.15, -0.1) is 0 Å². The van der Waals surface area contributed by atoms with E-state index in [1.165, 1.54) is 0 Å². The second-order valence-electron chi connectivity index (χ2n) is 4.11. The standard InChI is InChI=1S/C12H19NO2/c1-11(2,13)12(14-3,15-4)10-8-6-5-7-9-10/h5-9H,13H2,1-4H3. The summed E-state index contributed by atoms with van der Waals surface area (Å²) in [6.45, 7) is 3.76. The van der Waals surface area contributed by atoms with Gasteiger partial charge in [0.25, 0.3) is 0 Å². The van der Waals surface area contributed by atoms with Gasteiger partial charge in [0, 0.05) is 19.8 Å². The monoisotopic (exact) mass is 209 g/mol. The Morgan fingerprint density at radius 2 is 1.47 bits per heavy atom. The SMILES string of the molecule is COC(OC)(c1ccccc1)C(C)(C)N. The van der Waals surface area contributed by atoms with E-state index in [0.717, 1.165) is 5.56 Å². The molecular weight excluding hydrogens is 190 g/mol. The van der Waals surface area contributed by atoms with Crippen LogP contribution in [0.1, 0.15) is 19.4 Å². The lowest BCUT2D eigenvalue weighted by Gasteiger charge is -2.42. The van der Waals surface area contributed by atoms with Crippen molar-refractivity contribution in [2.45, 2.75) is 25.2 Å². The molecular formula is C12H19NO2. The Morgan fingerprint density at radius 1 is 1.00 bits per heavy atom. The first-order chi connectivity index (χ1) is 6.98. The maximum absolute atomic E-state index is 6.12. The predicted octanol–water partition coefficient (Wildman–Crippen LogP) is 1.87. The summed E-state index contributed by atoms with van der Waals surface area (Å²) in [6.07, 6.45) is 0. The Bertz CT molecular complexity index is 299. The molecule has 0 bridgehead atoms. The lowest BCUT2D eigenvalue weighted by molar-refractivity contribution is -0.250. The van der Waals surface area contributed by atoms with Crippen LogP contribution >= 0.6 is 0 Å². The first-order valence-corrected chi connectivity index (χ1v) is 4.92. The zero-order chi connectivity index (χ0) is 11.5.